The predicted octanol–water partition coefficient (Wildman–Crippen LogP) is -0.245. The number of carboxylic acid groups (broad SMARTS) is 1. The number of sulfonamides is 1. The second-order valence-electron chi connectivity index (χ2n) is 7.54. The van der Waals surface area contributed by atoms with Crippen molar-refractivity contribution in [2.24, 2.45) is 0 Å². The molecule has 3 N–H and O–H groups in total. The normalized spacial score (nSPS) is 15.4. The number of carboxylic acids is 1. The van der Waals surface area contributed by atoms with E-state index in [4.69, 9.17) is 5.26 Å². The van der Waals surface area contributed by atoms with Crippen LogP contribution < -0.4 is 14.9 Å². The number of nitrogens with zero attached hydrogens (tertiary/aromatic N) is 3. The molecule has 0 aliphatic carbocycles. The van der Waals surface area contributed by atoms with Crippen LogP contribution in [0.4, 0.5) is 5.69 Å². The Morgan fingerprint density at radius 3 is 2.35 bits per heavy atom. The van der Waals surface area contributed by atoms with Gasteiger partial charge in [-0.1, -0.05) is 18.2 Å². The minimum atomic E-state index is -4.08. The lowest BCUT2D eigenvalue weighted by Crippen LogP contribution is -2.54. The van der Waals surface area contributed by atoms with Crippen LogP contribution in [0.5, 0.6) is 0 Å². The van der Waals surface area contributed by atoms with E-state index in [1.54, 1.807) is 40.1 Å². The molecule has 2 amide bonds. The number of carbonyl (C=O) groups excluding carboxylic acids is 2. The summed E-state index contributed by atoms with van der Waals surface area (Å²) in [6.07, 6.45) is 0. The first-order valence-electron chi connectivity index (χ1n) is 10.3. The molecule has 1 aliphatic heterocycles. The summed E-state index contributed by atoms with van der Waals surface area (Å²) in [6.45, 7) is 0.120. The number of benzene rings is 2. The summed E-state index contributed by atoms with van der Waals surface area (Å²) in [5.74, 6) is -2.20. The van der Waals surface area contributed by atoms with Crippen LogP contribution in [-0.4, -0.2) is 75.0 Å². The van der Waals surface area contributed by atoms with Gasteiger partial charge in [0.15, 0.2) is 0 Å². The summed E-state index contributed by atoms with van der Waals surface area (Å²) < 4.78 is 26.8. The average molecular weight is 486 g/mol. The van der Waals surface area contributed by atoms with Gasteiger partial charge in [-0.25, -0.2) is 8.42 Å². The van der Waals surface area contributed by atoms with Crippen LogP contribution in [0.1, 0.15) is 5.56 Å². The number of nitriles is 1. The summed E-state index contributed by atoms with van der Waals surface area (Å²) in [7, 11) is -4.08. The summed E-state index contributed by atoms with van der Waals surface area (Å²) in [5, 5.41) is 20.7. The van der Waals surface area contributed by atoms with E-state index in [1.165, 1.54) is 24.3 Å². The summed E-state index contributed by atoms with van der Waals surface area (Å²) in [5.41, 5.74) is 1.14. The Labute approximate surface area is 196 Å². The molecule has 1 heterocycles. The molecule has 12 heteroatoms. The van der Waals surface area contributed by atoms with Crippen LogP contribution >= 0.6 is 0 Å². The van der Waals surface area contributed by atoms with Gasteiger partial charge < -0.3 is 15.3 Å². The van der Waals surface area contributed by atoms with Crippen molar-refractivity contribution in [3.63, 3.8) is 0 Å². The first kappa shape index (κ1) is 24.8. The molecule has 0 spiro atoms. The summed E-state index contributed by atoms with van der Waals surface area (Å²) in [4.78, 5) is 39.4. The number of carbonyl (C=O) groups is 3. The highest BCUT2D eigenvalue weighted by Gasteiger charge is 2.28. The molecule has 1 fully saturated rings. The van der Waals surface area contributed by atoms with Crippen molar-refractivity contribution in [1.82, 2.24) is 14.9 Å². The molecule has 0 radical (unpaired) electrons. The lowest BCUT2D eigenvalue weighted by Gasteiger charge is -2.34. The Kier molecular flexibility index (Phi) is 7.95. The van der Waals surface area contributed by atoms with Gasteiger partial charge in [0.1, 0.15) is 6.04 Å². The van der Waals surface area contributed by atoms with Gasteiger partial charge in [-0.3, -0.25) is 19.3 Å². The van der Waals surface area contributed by atoms with Crippen molar-refractivity contribution in [2.45, 2.75) is 10.9 Å². The molecule has 2 aromatic carbocycles. The maximum Gasteiger partial charge on any atom is 0.323 e. The minimum absolute atomic E-state index is 0.0174. The van der Waals surface area contributed by atoms with Crippen LogP contribution in [0.3, 0.4) is 0 Å². The van der Waals surface area contributed by atoms with Crippen molar-refractivity contribution in [3.8, 4) is 6.07 Å². The van der Waals surface area contributed by atoms with E-state index in [9.17, 15) is 27.9 Å². The van der Waals surface area contributed by atoms with Gasteiger partial charge >= 0.3 is 5.97 Å². The Morgan fingerprint density at radius 1 is 1.09 bits per heavy atom. The maximum absolute atomic E-state index is 12.5. The zero-order valence-electron chi connectivity index (χ0n) is 18.0. The third-order valence-corrected chi connectivity index (χ3v) is 6.62. The first-order valence-corrected chi connectivity index (χ1v) is 11.8. The Hall–Kier alpha value is -3.79. The molecule has 1 atom stereocenters. The van der Waals surface area contributed by atoms with E-state index < -0.39 is 34.5 Å². The standard InChI is InChI=1S/C22H23N5O6S/c23-12-16-6-8-17(9-7-16)27-11-10-26(15-21(27)29)14-20(28)24-13-19(22(30)31)25-34(32,33)18-4-2-1-3-5-18/h1-9,19,25H,10-11,13-15H2,(H,24,28)(H,30,31). The second-order valence-corrected chi connectivity index (χ2v) is 9.26. The minimum Gasteiger partial charge on any atom is -0.480 e. The van der Waals surface area contributed by atoms with Crippen molar-refractivity contribution < 1.29 is 27.9 Å². The monoisotopic (exact) mass is 485 g/mol. The zero-order chi connectivity index (χ0) is 24.7. The highest BCUT2D eigenvalue weighted by molar-refractivity contribution is 7.89. The molecule has 1 saturated heterocycles. The molecule has 1 aliphatic rings. The summed E-state index contributed by atoms with van der Waals surface area (Å²) >= 11 is 0. The van der Waals surface area contributed by atoms with E-state index in [1.807, 2.05) is 6.07 Å². The van der Waals surface area contributed by atoms with Crippen LogP contribution in [0.25, 0.3) is 0 Å². The molecule has 34 heavy (non-hydrogen) atoms. The Balaban J connectivity index is 1.51. The van der Waals surface area contributed by atoms with Crippen LogP contribution in [0.15, 0.2) is 59.5 Å². The molecule has 0 bridgehead atoms. The third-order valence-electron chi connectivity index (χ3n) is 5.13. The predicted molar refractivity (Wildman–Crippen MR) is 121 cm³/mol. The highest BCUT2D eigenvalue weighted by Crippen LogP contribution is 2.18. The number of amides is 2. The topological polar surface area (TPSA) is 160 Å². The molecule has 11 nitrogen and oxygen atoms in total. The molecule has 1 unspecified atom stereocenters. The number of hydrogen-bond acceptors (Lipinski definition) is 7. The number of piperazine rings is 1. The number of aliphatic carboxylic acids is 1. The fourth-order valence-corrected chi connectivity index (χ4v) is 4.57. The van der Waals surface area contributed by atoms with E-state index in [0.29, 0.717) is 24.3 Å². The zero-order valence-corrected chi connectivity index (χ0v) is 18.9. The quantitative estimate of drug-likeness (QED) is 0.438. The van der Waals surface area contributed by atoms with Crippen molar-refractivity contribution in [1.29, 1.82) is 5.26 Å². The van der Waals surface area contributed by atoms with Gasteiger partial charge in [0.05, 0.1) is 29.6 Å². The van der Waals surface area contributed by atoms with Crippen molar-refractivity contribution in [2.75, 3.05) is 37.6 Å². The van der Waals surface area contributed by atoms with Crippen molar-refractivity contribution in [3.05, 3.63) is 60.2 Å². The van der Waals surface area contributed by atoms with E-state index in [-0.39, 0.29) is 23.9 Å². The number of anilines is 1. The van der Waals surface area contributed by atoms with Crippen LogP contribution in [0, 0.1) is 11.3 Å². The molecule has 178 valence electrons. The van der Waals surface area contributed by atoms with Crippen LogP contribution in [-0.2, 0) is 24.4 Å². The van der Waals surface area contributed by atoms with Gasteiger partial charge in [-0.05, 0) is 36.4 Å². The number of rotatable bonds is 9. The van der Waals surface area contributed by atoms with E-state index in [2.05, 4.69) is 10.0 Å². The number of hydrogen-bond donors (Lipinski definition) is 3. The summed E-state index contributed by atoms with van der Waals surface area (Å²) in [6, 6.07) is 14.3. The lowest BCUT2D eigenvalue weighted by molar-refractivity contribution is -0.138. The smallest absolute Gasteiger partial charge is 0.323 e. The molecule has 2 aromatic rings. The Morgan fingerprint density at radius 2 is 1.76 bits per heavy atom. The van der Waals surface area contributed by atoms with Gasteiger partial charge in [-0.15, -0.1) is 0 Å². The van der Waals surface area contributed by atoms with Gasteiger partial charge in [-0.2, -0.15) is 9.98 Å². The molecular formula is C22H23N5O6S. The third kappa shape index (κ3) is 6.38. The lowest BCUT2D eigenvalue weighted by atomic mass is 10.2. The molecule has 0 saturated carbocycles. The molecule has 0 aromatic heterocycles. The van der Waals surface area contributed by atoms with E-state index >= 15 is 0 Å². The van der Waals surface area contributed by atoms with E-state index in [0.717, 1.165) is 0 Å². The van der Waals surface area contributed by atoms with Gasteiger partial charge in [0, 0.05) is 25.3 Å². The average Bonchev–Trinajstić information content (AvgIpc) is 2.82. The van der Waals surface area contributed by atoms with Gasteiger partial charge in [0.25, 0.3) is 0 Å². The largest absolute Gasteiger partial charge is 0.480 e. The number of nitrogens with one attached hydrogen (secondary N) is 2. The fraction of sp³-hybridized carbons (Fsp3) is 0.273. The van der Waals surface area contributed by atoms with Gasteiger partial charge in [0.2, 0.25) is 21.8 Å². The fourth-order valence-electron chi connectivity index (χ4n) is 3.36. The molecule has 3 rings (SSSR count). The molecular weight excluding hydrogens is 462 g/mol. The second kappa shape index (κ2) is 10.9. The maximum atomic E-state index is 12.5. The SMILES string of the molecule is N#Cc1ccc(N2CCN(CC(=O)NCC(NS(=O)(=O)c3ccccc3)C(=O)O)CC2=O)cc1. The Bertz CT molecular complexity index is 1190. The first-order chi connectivity index (χ1) is 16.2. The highest BCUT2D eigenvalue weighted by atomic mass is 32.2. The van der Waals surface area contributed by atoms with Crippen molar-refractivity contribution >= 4 is 33.5 Å². The van der Waals surface area contributed by atoms with Crippen LogP contribution in [0.2, 0.25) is 0 Å².